The summed E-state index contributed by atoms with van der Waals surface area (Å²) in [7, 11) is -2.10. The first-order valence-electron chi connectivity index (χ1n) is 10.6. The average Bonchev–Trinajstić information content (AvgIpc) is 3.00. The molecule has 1 aromatic rings. The van der Waals surface area contributed by atoms with Gasteiger partial charge < -0.3 is 14.4 Å². The van der Waals surface area contributed by atoms with Crippen LogP contribution in [0.25, 0.3) is 0 Å². The molecule has 4 atom stereocenters. The summed E-state index contributed by atoms with van der Waals surface area (Å²) in [6.07, 6.45) is 3.22. The summed E-state index contributed by atoms with van der Waals surface area (Å²) in [5.74, 6) is 0.359. The van der Waals surface area contributed by atoms with Crippen molar-refractivity contribution in [3.8, 4) is 0 Å². The molecule has 30 heavy (non-hydrogen) atoms. The molecule has 2 aliphatic heterocycles. The fraction of sp³-hybridized carbons (Fsp3) is 0.714. The Morgan fingerprint density at radius 1 is 1.33 bits per heavy atom. The molecule has 8 nitrogen and oxygen atoms in total. The minimum Gasteiger partial charge on any atom is -0.465 e. The Morgan fingerprint density at radius 3 is 2.43 bits per heavy atom. The predicted molar refractivity (Wildman–Crippen MR) is 116 cm³/mol. The van der Waals surface area contributed by atoms with Gasteiger partial charge in [-0.15, -0.1) is 0 Å². The highest BCUT2D eigenvalue weighted by Gasteiger charge is 2.64. The highest BCUT2D eigenvalue weighted by atomic mass is 28.4. The average molecular weight is 435 g/mol. The third-order valence-corrected chi connectivity index (χ3v) is 11.7. The van der Waals surface area contributed by atoms with Crippen LogP contribution in [-0.4, -0.2) is 69.4 Å². The molecule has 2 amide bonds. The first-order chi connectivity index (χ1) is 13.8. The maximum absolute atomic E-state index is 13.4. The summed E-state index contributed by atoms with van der Waals surface area (Å²) in [5, 5.41) is 9.73. The Balaban J connectivity index is 1.90. The predicted octanol–water partition coefficient (Wildman–Crippen LogP) is 3.67. The Morgan fingerprint density at radius 2 is 1.93 bits per heavy atom. The highest BCUT2D eigenvalue weighted by molar-refractivity contribution is 6.74. The van der Waals surface area contributed by atoms with Crippen molar-refractivity contribution < 1.29 is 19.1 Å². The summed E-state index contributed by atoms with van der Waals surface area (Å²) < 4.78 is 6.61. The van der Waals surface area contributed by atoms with E-state index >= 15 is 0 Å². The zero-order valence-electron chi connectivity index (χ0n) is 19.0. The number of hydrogen-bond acceptors (Lipinski definition) is 5. The van der Waals surface area contributed by atoms with Gasteiger partial charge in [-0.1, -0.05) is 20.8 Å². The van der Waals surface area contributed by atoms with Crippen LogP contribution in [0, 0.1) is 0 Å². The van der Waals surface area contributed by atoms with Crippen molar-refractivity contribution in [3.63, 3.8) is 0 Å². The van der Waals surface area contributed by atoms with Crippen LogP contribution in [0.1, 0.15) is 59.3 Å². The van der Waals surface area contributed by atoms with Gasteiger partial charge in [-0.3, -0.25) is 9.69 Å². The summed E-state index contributed by atoms with van der Waals surface area (Å²) in [6.45, 7) is 15.0. The molecule has 2 aliphatic rings. The van der Waals surface area contributed by atoms with Crippen LogP contribution in [0.5, 0.6) is 0 Å². The van der Waals surface area contributed by atoms with Crippen LogP contribution in [0.4, 0.5) is 4.79 Å². The van der Waals surface area contributed by atoms with Crippen LogP contribution in [-0.2, 0) is 9.22 Å². The molecule has 1 spiro atoms. The fourth-order valence-electron chi connectivity index (χ4n) is 4.45. The second-order valence-electron chi connectivity index (χ2n) is 10.1. The van der Waals surface area contributed by atoms with Crippen LogP contribution >= 0.6 is 0 Å². The van der Waals surface area contributed by atoms with Crippen LogP contribution in [0.15, 0.2) is 18.5 Å². The van der Waals surface area contributed by atoms with Gasteiger partial charge in [-0.2, -0.15) is 0 Å². The minimum atomic E-state index is -2.10. The molecule has 1 N–H and O–H groups in total. The number of likely N-dealkylation sites (tertiary alicyclic amines) is 2. The van der Waals surface area contributed by atoms with Gasteiger partial charge in [0.1, 0.15) is 11.6 Å². The molecule has 0 aromatic carbocycles. The molecule has 166 valence electrons. The van der Waals surface area contributed by atoms with Crippen molar-refractivity contribution in [1.29, 1.82) is 0 Å². The van der Waals surface area contributed by atoms with E-state index < -0.39 is 26.0 Å². The molecule has 9 heteroatoms. The van der Waals surface area contributed by atoms with Gasteiger partial charge in [0.25, 0.3) is 5.91 Å². The second kappa shape index (κ2) is 7.60. The molecule has 4 unspecified atom stereocenters. The molecule has 0 saturated carbocycles. The molecule has 1 aromatic heterocycles. The van der Waals surface area contributed by atoms with Gasteiger partial charge in [0, 0.05) is 18.4 Å². The maximum Gasteiger partial charge on any atom is 0.408 e. The number of carboxylic acid groups (broad SMARTS) is 1. The Labute approximate surface area is 179 Å². The third kappa shape index (κ3) is 3.62. The largest absolute Gasteiger partial charge is 0.465 e. The lowest BCUT2D eigenvalue weighted by molar-refractivity contribution is -0.169. The molecule has 2 fully saturated rings. The van der Waals surface area contributed by atoms with E-state index in [0.29, 0.717) is 25.2 Å². The number of β-lactam (4-membered cyclic amide) rings is 1. The van der Waals surface area contributed by atoms with Gasteiger partial charge in [-0.25, -0.2) is 14.8 Å². The number of rotatable bonds is 5. The van der Waals surface area contributed by atoms with E-state index in [0.717, 1.165) is 0 Å². The van der Waals surface area contributed by atoms with Crippen molar-refractivity contribution in [3.05, 3.63) is 24.3 Å². The Bertz CT molecular complexity index is 813. The van der Waals surface area contributed by atoms with Crippen LogP contribution in [0.2, 0.25) is 18.1 Å². The van der Waals surface area contributed by atoms with Gasteiger partial charge >= 0.3 is 6.09 Å². The molecule has 0 aliphatic carbocycles. The molecular weight excluding hydrogens is 400 g/mol. The Hall–Kier alpha value is -2.00. The lowest BCUT2D eigenvalue weighted by atomic mass is 9.83. The maximum atomic E-state index is 13.4. The van der Waals surface area contributed by atoms with Crippen molar-refractivity contribution in [1.82, 2.24) is 19.8 Å². The fourth-order valence-corrected chi connectivity index (χ4v) is 5.86. The summed E-state index contributed by atoms with van der Waals surface area (Å²) in [4.78, 5) is 37.2. The first kappa shape index (κ1) is 22.7. The third-order valence-electron chi connectivity index (χ3n) is 7.09. The van der Waals surface area contributed by atoms with E-state index in [1.54, 1.807) is 23.4 Å². The minimum absolute atomic E-state index is 0.0184. The molecular formula is C21H34N4O4Si. The van der Waals surface area contributed by atoms with Gasteiger partial charge in [-0.05, 0) is 50.9 Å². The van der Waals surface area contributed by atoms with Gasteiger partial charge in [0.05, 0.1) is 12.6 Å². The smallest absolute Gasteiger partial charge is 0.408 e. The first-order valence-corrected chi connectivity index (χ1v) is 13.5. The van der Waals surface area contributed by atoms with E-state index in [4.69, 9.17) is 4.43 Å². The number of carbonyl (C=O) groups is 2. The van der Waals surface area contributed by atoms with Crippen molar-refractivity contribution in [2.45, 2.75) is 89.3 Å². The summed E-state index contributed by atoms with van der Waals surface area (Å²) in [5.41, 5.74) is -0.963. The van der Waals surface area contributed by atoms with E-state index in [-0.39, 0.29) is 23.1 Å². The molecule has 0 radical (unpaired) electrons. The van der Waals surface area contributed by atoms with E-state index in [1.165, 1.54) is 4.90 Å². The van der Waals surface area contributed by atoms with Crippen LogP contribution in [0.3, 0.4) is 0 Å². The molecule has 2 saturated heterocycles. The number of aromatic nitrogens is 2. The highest BCUT2D eigenvalue weighted by Crippen LogP contribution is 2.47. The number of hydrogen-bond donors (Lipinski definition) is 1. The molecule has 3 heterocycles. The number of nitrogens with zero attached hydrogens (tertiary/aromatic N) is 4. The summed E-state index contributed by atoms with van der Waals surface area (Å²) in [6, 6.07) is 1.12. The van der Waals surface area contributed by atoms with Crippen molar-refractivity contribution in [2.75, 3.05) is 6.54 Å². The van der Waals surface area contributed by atoms with Crippen molar-refractivity contribution >= 4 is 20.3 Å². The SMILES string of the molecule is CC(O[Si](C)(C)C(C)(C)C)C(c1ncccn1)N1CC2(CCC(C)N2C(=O)O)C1=O. The molecule has 3 rings (SSSR count). The molecule has 0 bridgehead atoms. The van der Waals surface area contributed by atoms with Gasteiger partial charge in [0.15, 0.2) is 14.1 Å². The van der Waals surface area contributed by atoms with E-state index in [1.807, 2.05) is 13.8 Å². The van der Waals surface area contributed by atoms with Gasteiger partial charge in [0.2, 0.25) is 0 Å². The monoisotopic (exact) mass is 434 g/mol. The zero-order chi connectivity index (χ0) is 22.5. The lowest BCUT2D eigenvalue weighted by Gasteiger charge is -2.54. The van der Waals surface area contributed by atoms with E-state index in [2.05, 4.69) is 43.8 Å². The zero-order valence-corrected chi connectivity index (χ0v) is 20.0. The van der Waals surface area contributed by atoms with Crippen molar-refractivity contribution in [2.24, 2.45) is 0 Å². The second-order valence-corrected chi connectivity index (χ2v) is 14.9. The standard InChI is InChI=1S/C21H34N4O4Si/c1-14-9-10-21(25(14)19(27)28)13-24(18(21)26)16(17-22-11-8-12-23-17)15(2)29-30(6,7)20(3,4)5/h8,11-12,14-16H,9-10,13H2,1-7H3,(H,27,28). The Kier molecular flexibility index (Phi) is 5.74. The normalized spacial score (nSPS) is 26.6. The number of amides is 2. The van der Waals surface area contributed by atoms with Crippen LogP contribution < -0.4 is 0 Å². The summed E-state index contributed by atoms with van der Waals surface area (Å²) >= 11 is 0. The lowest BCUT2D eigenvalue weighted by Crippen LogP contribution is -2.74. The van der Waals surface area contributed by atoms with E-state index in [9.17, 15) is 14.7 Å². The number of carbonyl (C=O) groups excluding carboxylic acids is 1. The quantitative estimate of drug-likeness (QED) is 0.561. The topological polar surface area (TPSA) is 95.9 Å².